The van der Waals surface area contributed by atoms with Gasteiger partial charge in [-0.1, -0.05) is 30.3 Å². The van der Waals surface area contributed by atoms with Crippen LogP contribution in [0.1, 0.15) is 11.3 Å². The van der Waals surface area contributed by atoms with Crippen molar-refractivity contribution in [3.05, 3.63) is 47.8 Å². The maximum atomic E-state index is 8.77. The van der Waals surface area contributed by atoms with Crippen molar-refractivity contribution in [1.29, 1.82) is 0 Å². The Morgan fingerprint density at radius 2 is 2.06 bits per heavy atom. The fourth-order valence-corrected chi connectivity index (χ4v) is 1.73. The quantitative estimate of drug-likeness (QED) is 0.822. The second kappa shape index (κ2) is 5.50. The topological polar surface area (TPSA) is 50.1 Å². The van der Waals surface area contributed by atoms with Crippen LogP contribution >= 0.6 is 0 Å². The van der Waals surface area contributed by atoms with Crippen LogP contribution in [-0.2, 0) is 6.54 Å². The number of nitrogens with zero attached hydrogens (tertiary/aromatic N) is 2. The molecule has 0 radical (unpaired) electrons. The highest BCUT2D eigenvalue weighted by molar-refractivity contribution is 5.45. The first-order valence-corrected chi connectivity index (χ1v) is 5.72. The summed E-state index contributed by atoms with van der Waals surface area (Å²) >= 11 is 0. The summed E-state index contributed by atoms with van der Waals surface area (Å²) in [6.45, 7) is 3.41. The summed E-state index contributed by atoms with van der Waals surface area (Å²) < 4.78 is 1.91. The SMILES string of the molecule is Cc1nn(Cc2ccccc2)cc1NCCO. The molecule has 90 valence electrons. The van der Waals surface area contributed by atoms with Gasteiger partial charge in [0.2, 0.25) is 0 Å². The van der Waals surface area contributed by atoms with Gasteiger partial charge >= 0.3 is 0 Å². The summed E-state index contributed by atoms with van der Waals surface area (Å²) in [4.78, 5) is 0. The fraction of sp³-hybridized carbons (Fsp3) is 0.308. The van der Waals surface area contributed by atoms with Gasteiger partial charge < -0.3 is 10.4 Å². The molecular weight excluding hydrogens is 214 g/mol. The van der Waals surface area contributed by atoms with Crippen molar-refractivity contribution in [2.24, 2.45) is 0 Å². The summed E-state index contributed by atoms with van der Waals surface area (Å²) in [6.07, 6.45) is 1.97. The molecule has 4 heteroatoms. The summed E-state index contributed by atoms with van der Waals surface area (Å²) in [5.41, 5.74) is 3.16. The molecule has 1 heterocycles. The molecule has 0 aliphatic rings. The normalized spacial score (nSPS) is 10.5. The van der Waals surface area contributed by atoms with Gasteiger partial charge in [-0.15, -0.1) is 0 Å². The molecule has 2 N–H and O–H groups in total. The van der Waals surface area contributed by atoms with E-state index >= 15 is 0 Å². The van der Waals surface area contributed by atoms with Crippen molar-refractivity contribution < 1.29 is 5.11 Å². The van der Waals surface area contributed by atoms with Gasteiger partial charge in [-0.2, -0.15) is 5.10 Å². The van der Waals surface area contributed by atoms with E-state index in [1.54, 1.807) is 0 Å². The van der Waals surface area contributed by atoms with E-state index in [2.05, 4.69) is 22.5 Å². The molecule has 0 aliphatic heterocycles. The van der Waals surface area contributed by atoms with Crippen molar-refractivity contribution in [1.82, 2.24) is 9.78 Å². The van der Waals surface area contributed by atoms with Gasteiger partial charge in [-0.3, -0.25) is 4.68 Å². The van der Waals surface area contributed by atoms with E-state index in [4.69, 9.17) is 5.11 Å². The summed E-state index contributed by atoms with van der Waals surface area (Å²) in [5.74, 6) is 0. The maximum absolute atomic E-state index is 8.77. The van der Waals surface area contributed by atoms with Crippen LogP contribution < -0.4 is 5.32 Å². The van der Waals surface area contributed by atoms with E-state index in [1.165, 1.54) is 5.56 Å². The number of hydrogen-bond acceptors (Lipinski definition) is 3. The van der Waals surface area contributed by atoms with Crippen molar-refractivity contribution >= 4 is 5.69 Å². The van der Waals surface area contributed by atoms with Crippen LogP contribution in [0.15, 0.2) is 36.5 Å². The first kappa shape index (κ1) is 11.7. The molecule has 4 nitrogen and oxygen atoms in total. The molecule has 0 unspecified atom stereocenters. The van der Waals surface area contributed by atoms with Crippen LogP contribution in [0.4, 0.5) is 5.69 Å². The van der Waals surface area contributed by atoms with Gasteiger partial charge in [-0.25, -0.2) is 0 Å². The van der Waals surface area contributed by atoms with E-state index < -0.39 is 0 Å². The second-order valence-corrected chi connectivity index (χ2v) is 3.96. The molecule has 1 aromatic heterocycles. The van der Waals surface area contributed by atoms with E-state index in [9.17, 15) is 0 Å². The van der Waals surface area contributed by atoms with E-state index in [-0.39, 0.29) is 6.61 Å². The Morgan fingerprint density at radius 1 is 1.29 bits per heavy atom. The average Bonchev–Trinajstić information content (AvgIpc) is 2.68. The van der Waals surface area contributed by atoms with Crippen molar-refractivity contribution in [2.45, 2.75) is 13.5 Å². The number of anilines is 1. The lowest BCUT2D eigenvalue weighted by Gasteiger charge is -2.01. The van der Waals surface area contributed by atoms with Crippen LogP contribution in [0.2, 0.25) is 0 Å². The summed E-state index contributed by atoms with van der Waals surface area (Å²) in [7, 11) is 0. The van der Waals surface area contributed by atoms with Crippen LogP contribution in [0, 0.1) is 6.92 Å². The Kier molecular flexibility index (Phi) is 3.77. The van der Waals surface area contributed by atoms with E-state index in [1.807, 2.05) is 36.0 Å². The number of rotatable bonds is 5. The molecule has 0 amide bonds. The minimum atomic E-state index is 0.128. The van der Waals surface area contributed by atoms with Gasteiger partial charge in [0.1, 0.15) is 0 Å². The zero-order chi connectivity index (χ0) is 12.1. The number of aromatic nitrogens is 2. The van der Waals surface area contributed by atoms with Crippen molar-refractivity contribution in [3.8, 4) is 0 Å². The van der Waals surface area contributed by atoms with Crippen molar-refractivity contribution in [2.75, 3.05) is 18.5 Å². The predicted molar refractivity (Wildman–Crippen MR) is 68.1 cm³/mol. The van der Waals surface area contributed by atoms with Gasteiger partial charge in [0, 0.05) is 12.7 Å². The fourth-order valence-electron chi connectivity index (χ4n) is 1.73. The number of benzene rings is 1. The molecule has 0 saturated carbocycles. The molecule has 1 aromatic carbocycles. The minimum absolute atomic E-state index is 0.128. The Hall–Kier alpha value is -1.81. The Bertz CT molecular complexity index is 465. The molecule has 2 rings (SSSR count). The molecule has 0 bridgehead atoms. The molecule has 0 spiro atoms. The van der Waals surface area contributed by atoms with Crippen LogP contribution in [0.25, 0.3) is 0 Å². The van der Waals surface area contributed by atoms with E-state index in [0.717, 1.165) is 17.9 Å². The highest BCUT2D eigenvalue weighted by Crippen LogP contribution is 2.13. The van der Waals surface area contributed by atoms with Crippen LogP contribution in [-0.4, -0.2) is 28.0 Å². The number of aliphatic hydroxyl groups is 1. The summed E-state index contributed by atoms with van der Waals surface area (Å²) in [6, 6.07) is 10.2. The molecular formula is C13H17N3O. The second-order valence-electron chi connectivity index (χ2n) is 3.96. The number of hydrogen-bond donors (Lipinski definition) is 2. The monoisotopic (exact) mass is 231 g/mol. The smallest absolute Gasteiger partial charge is 0.0825 e. The molecule has 0 saturated heterocycles. The largest absolute Gasteiger partial charge is 0.395 e. The maximum Gasteiger partial charge on any atom is 0.0825 e. The number of aryl methyl sites for hydroxylation is 1. The molecule has 0 atom stereocenters. The van der Waals surface area contributed by atoms with Gasteiger partial charge in [-0.05, 0) is 12.5 Å². The number of nitrogens with one attached hydrogen (secondary N) is 1. The Morgan fingerprint density at radius 3 is 2.76 bits per heavy atom. The van der Waals surface area contributed by atoms with Crippen LogP contribution in [0.3, 0.4) is 0 Å². The Labute approximate surface area is 101 Å². The lowest BCUT2D eigenvalue weighted by molar-refractivity contribution is 0.311. The van der Waals surface area contributed by atoms with Crippen molar-refractivity contribution in [3.63, 3.8) is 0 Å². The minimum Gasteiger partial charge on any atom is -0.395 e. The average molecular weight is 231 g/mol. The zero-order valence-corrected chi connectivity index (χ0v) is 9.93. The highest BCUT2D eigenvalue weighted by Gasteiger charge is 2.04. The molecule has 0 aliphatic carbocycles. The third-order valence-corrected chi connectivity index (χ3v) is 2.56. The van der Waals surface area contributed by atoms with E-state index in [0.29, 0.717) is 6.54 Å². The van der Waals surface area contributed by atoms with Crippen LogP contribution in [0.5, 0.6) is 0 Å². The zero-order valence-electron chi connectivity index (χ0n) is 9.93. The molecule has 2 aromatic rings. The standard InChI is InChI=1S/C13H17N3O/c1-11-13(14-7-8-17)10-16(15-11)9-12-5-3-2-4-6-12/h2-6,10,14,17H,7-9H2,1H3. The lowest BCUT2D eigenvalue weighted by Crippen LogP contribution is -2.05. The third kappa shape index (κ3) is 3.07. The van der Waals surface area contributed by atoms with Gasteiger partial charge in [0.15, 0.2) is 0 Å². The molecule has 17 heavy (non-hydrogen) atoms. The third-order valence-electron chi connectivity index (χ3n) is 2.56. The van der Waals surface area contributed by atoms with Gasteiger partial charge in [0.05, 0.1) is 24.5 Å². The first-order valence-electron chi connectivity index (χ1n) is 5.72. The summed E-state index contributed by atoms with van der Waals surface area (Å²) in [5, 5.41) is 16.3. The van der Waals surface area contributed by atoms with Gasteiger partial charge in [0.25, 0.3) is 0 Å². The number of aliphatic hydroxyl groups excluding tert-OH is 1. The lowest BCUT2D eigenvalue weighted by atomic mass is 10.2. The first-order chi connectivity index (χ1) is 8.29. The predicted octanol–water partition coefficient (Wildman–Crippen LogP) is 1.64. The highest BCUT2D eigenvalue weighted by atomic mass is 16.3. The Balaban J connectivity index is 2.07. The molecule has 0 fully saturated rings.